The number of aromatic nitrogens is 8. The van der Waals surface area contributed by atoms with Gasteiger partial charge in [-0.1, -0.05) is 12.2 Å². The zero-order valence-electron chi connectivity index (χ0n) is 25.0. The third-order valence-electron chi connectivity index (χ3n) is 8.13. The second kappa shape index (κ2) is 11.3. The van der Waals surface area contributed by atoms with Crippen molar-refractivity contribution in [1.82, 2.24) is 38.7 Å². The molecule has 0 N–H and O–H groups in total. The highest BCUT2D eigenvalue weighted by Gasteiger charge is 2.26. The van der Waals surface area contributed by atoms with Crippen LogP contribution in [0.4, 0.5) is 17.6 Å². The number of rotatable bonds is 7. The van der Waals surface area contributed by atoms with Gasteiger partial charge in [-0.25, -0.2) is 18.9 Å². The monoisotopic (exact) mass is 601 g/mol. The Kier molecular flexibility index (Phi) is 6.84. The van der Waals surface area contributed by atoms with Crippen molar-refractivity contribution < 1.29 is 14.2 Å². The van der Waals surface area contributed by atoms with Crippen LogP contribution in [0, 0.1) is 6.92 Å². The summed E-state index contributed by atoms with van der Waals surface area (Å²) in [5.74, 6) is 1.53. The van der Waals surface area contributed by atoms with Crippen LogP contribution in [-0.2, 0) is 9.47 Å². The molecule has 0 radical (unpaired) electrons. The molecule has 0 atom stereocenters. The average Bonchev–Trinajstić information content (AvgIpc) is 3.83. The van der Waals surface area contributed by atoms with Crippen molar-refractivity contribution in [3.63, 3.8) is 0 Å². The lowest BCUT2D eigenvalue weighted by Gasteiger charge is -2.19. The van der Waals surface area contributed by atoms with E-state index in [4.69, 9.17) is 34.4 Å². The molecule has 45 heavy (non-hydrogen) atoms. The predicted octanol–water partition coefficient (Wildman–Crippen LogP) is 5.35. The maximum Gasteiger partial charge on any atom is 0.257 e. The summed E-state index contributed by atoms with van der Waals surface area (Å²) in [5.41, 5.74) is 8.46. The number of aryl methyl sites for hydroxylation is 1. The van der Waals surface area contributed by atoms with Gasteiger partial charge in [0.25, 0.3) is 11.9 Å². The molecule has 12 heteroatoms. The van der Waals surface area contributed by atoms with E-state index in [1.165, 1.54) is 11.1 Å². The number of imidazole rings is 1. The number of hydrogen-bond acceptors (Lipinski definition) is 9. The summed E-state index contributed by atoms with van der Waals surface area (Å²) < 4.78 is 22.6. The third kappa shape index (κ3) is 4.93. The molecule has 0 unspecified atom stereocenters. The number of nitrogens with zero attached hydrogens (tertiary/aromatic N) is 9. The van der Waals surface area contributed by atoms with E-state index in [-0.39, 0.29) is 0 Å². The minimum atomic E-state index is 0.436. The van der Waals surface area contributed by atoms with E-state index in [1.807, 2.05) is 74.3 Å². The first-order chi connectivity index (χ1) is 22.2. The van der Waals surface area contributed by atoms with Gasteiger partial charge in [0.2, 0.25) is 0 Å². The van der Waals surface area contributed by atoms with Gasteiger partial charge in [0.1, 0.15) is 5.75 Å². The number of ether oxygens (including phenoxy) is 3. The van der Waals surface area contributed by atoms with Gasteiger partial charge in [0.05, 0.1) is 56.9 Å². The second-order valence-corrected chi connectivity index (χ2v) is 10.9. The van der Waals surface area contributed by atoms with Crippen LogP contribution in [0.15, 0.2) is 79.5 Å². The average molecular weight is 602 g/mol. The van der Waals surface area contributed by atoms with E-state index >= 15 is 0 Å². The summed E-state index contributed by atoms with van der Waals surface area (Å²) in [6.45, 7) is 4.49. The zero-order valence-corrected chi connectivity index (χ0v) is 25.0. The summed E-state index contributed by atoms with van der Waals surface area (Å²) in [7, 11) is 1.66. The van der Waals surface area contributed by atoms with Crippen molar-refractivity contribution in [3.05, 3.63) is 96.4 Å². The molecule has 2 aliphatic rings. The Labute approximate surface area is 258 Å². The van der Waals surface area contributed by atoms with Crippen molar-refractivity contribution in [2.75, 3.05) is 38.4 Å². The van der Waals surface area contributed by atoms with Crippen LogP contribution in [0.5, 0.6) is 5.75 Å². The molecule has 7 heterocycles. The minimum absolute atomic E-state index is 0.436. The van der Waals surface area contributed by atoms with Gasteiger partial charge in [-0.15, -0.1) is 10.2 Å². The van der Waals surface area contributed by atoms with Crippen LogP contribution in [0.2, 0.25) is 0 Å². The molecule has 1 aromatic carbocycles. The molecule has 8 rings (SSSR count). The first kappa shape index (κ1) is 27.2. The SMILES string of the molecule is COc1cc(N(c2nc3c(C4=CCOCC4)cccn3n2)c2nc3c(C4=CCOCC4)cccn3n2)ccc1-n1cnc(C)c1. The van der Waals surface area contributed by atoms with Crippen molar-refractivity contribution >= 4 is 40.0 Å². The molecule has 0 fully saturated rings. The van der Waals surface area contributed by atoms with Gasteiger partial charge in [-0.05, 0) is 67.3 Å². The quantitative estimate of drug-likeness (QED) is 0.239. The van der Waals surface area contributed by atoms with E-state index < -0.39 is 0 Å². The fourth-order valence-corrected chi connectivity index (χ4v) is 5.92. The third-order valence-corrected chi connectivity index (χ3v) is 8.13. The second-order valence-electron chi connectivity index (χ2n) is 10.9. The lowest BCUT2D eigenvalue weighted by atomic mass is 10.0. The highest BCUT2D eigenvalue weighted by atomic mass is 16.5. The topological polar surface area (TPSA) is 109 Å². The first-order valence-electron chi connectivity index (χ1n) is 14.9. The lowest BCUT2D eigenvalue weighted by molar-refractivity contribution is 0.161. The number of hydrogen-bond donors (Lipinski definition) is 0. The van der Waals surface area contributed by atoms with Crippen LogP contribution in [0.3, 0.4) is 0 Å². The van der Waals surface area contributed by atoms with E-state index in [9.17, 15) is 0 Å². The van der Waals surface area contributed by atoms with Crippen LogP contribution in [0.1, 0.15) is 29.7 Å². The van der Waals surface area contributed by atoms with Crippen LogP contribution >= 0.6 is 0 Å². The molecular weight excluding hydrogens is 570 g/mol. The molecule has 5 aromatic heterocycles. The van der Waals surface area contributed by atoms with Crippen LogP contribution in [0.25, 0.3) is 28.1 Å². The fraction of sp³-hybridized carbons (Fsp3) is 0.242. The molecule has 2 aliphatic heterocycles. The number of fused-ring (bicyclic) bond motifs is 2. The normalized spacial score (nSPS) is 15.3. The molecule has 0 saturated heterocycles. The molecule has 0 amide bonds. The largest absolute Gasteiger partial charge is 0.494 e. The Morgan fingerprint density at radius 3 is 1.96 bits per heavy atom. The summed E-state index contributed by atoms with van der Waals surface area (Å²) >= 11 is 0. The van der Waals surface area contributed by atoms with Crippen molar-refractivity contribution in [2.45, 2.75) is 19.8 Å². The minimum Gasteiger partial charge on any atom is -0.494 e. The Balaban J connectivity index is 1.31. The van der Waals surface area contributed by atoms with Gasteiger partial charge >= 0.3 is 0 Å². The van der Waals surface area contributed by atoms with E-state index in [0.29, 0.717) is 44.1 Å². The Morgan fingerprint density at radius 2 is 1.44 bits per heavy atom. The lowest BCUT2D eigenvalue weighted by Crippen LogP contribution is -2.14. The maximum atomic E-state index is 5.88. The number of benzene rings is 1. The highest BCUT2D eigenvalue weighted by molar-refractivity contribution is 5.81. The molecule has 12 nitrogen and oxygen atoms in total. The molecule has 0 spiro atoms. The summed E-state index contributed by atoms with van der Waals surface area (Å²) in [4.78, 5) is 16.4. The molecule has 0 saturated carbocycles. The van der Waals surface area contributed by atoms with Gasteiger partial charge in [0.15, 0.2) is 11.3 Å². The zero-order chi connectivity index (χ0) is 30.3. The van der Waals surface area contributed by atoms with Gasteiger partial charge in [-0.2, -0.15) is 9.97 Å². The first-order valence-corrected chi connectivity index (χ1v) is 14.9. The van der Waals surface area contributed by atoms with Gasteiger partial charge < -0.3 is 18.8 Å². The van der Waals surface area contributed by atoms with Crippen LogP contribution in [-0.4, -0.2) is 72.3 Å². The van der Waals surface area contributed by atoms with E-state index in [0.717, 1.165) is 52.3 Å². The molecule has 0 aliphatic carbocycles. The van der Waals surface area contributed by atoms with Gasteiger partial charge in [-0.3, -0.25) is 0 Å². The molecule has 226 valence electrons. The van der Waals surface area contributed by atoms with E-state index in [2.05, 4.69) is 29.3 Å². The summed E-state index contributed by atoms with van der Waals surface area (Å²) in [5, 5.41) is 9.89. The summed E-state index contributed by atoms with van der Waals surface area (Å²) in [6.07, 6.45) is 13.4. The highest BCUT2D eigenvalue weighted by Crippen LogP contribution is 2.37. The van der Waals surface area contributed by atoms with Crippen molar-refractivity contribution in [2.24, 2.45) is 0 Å². The number of anilines is 3. The Bertz CT molecular complexity index is 2000. The number of pyridine rings is 2. The predicted molar refractivity (Wildman–Crippen MR) is 169 cm³/mol. The standard InChI is InChI=1S/C33H31N9O3/c1-22-20-39(21-34-22)28-8-7-25(19-29(28)43-2)42(32-35-30-26(5-3-13-40(30)37-32)23-9-15-44-16-10-23)33-36-31-27(6-4-14-41(31)38-33)24-11-17-45-18-12-24/h3-9,11,13-14,19-21H,10,12,15-18H2,1-2H3. The maximum absolute atomic E-state index is 5.88. The smallest absolute Gasteiger partial charge is 0.257 e. The molecule has 6 aromatic rings. The van der Waals surface area contributed by atoms with Gasteiger partial charge in [0, 0.05) is 35.8 Å². The van der Waals surface area contributed by atoms with Crippen molar-refractivity contribution in [3.8, 4) is 11.4 Å². The Hall–Kier alpha value is -5.33. The summed E-state index contributed by atoms with van der Waals surface area (Å²) in [6, 6.07) is 14.1. The van der Waals surface area contributed by atoms with E-state index in [1.54, 1.807) is 13.4 Å². The fourth-order valence-electron chi connectivity index (χ4n) is 5.92. The van der Waals surface area contributed by atoms with Crippen molar-refractivity contribution in [1.29, 1.82) is 0 Å². The number of methoxy groups -OCH3 is 1. The molecule has 0 bridgehead atoms. The van der Waals surface area contributed by atoms with Crippen LogP contribution < -0.4 is 9.64 Å². The molecular formula is C33H31N9O3. The Morgan fingerprint density at radius 1 is 0.822 bits per heavy atom.